The summed E-state index contributed by atoms with van der Waals surface area (Å²) in [7, 11) is 1.82. The van der Waals surface area contributed by atoms with Crippen LogP contribution in [0.15, 0.2) is 6.20 Å². The van der Waals surface area contributed by atoms with Gasteiger partial charge < -0.3 is 15.0 Å². The van der Waals surface area contributed by atoms with E-state index in [9.17, 15) is 4.79 Å². The van der Waals surface area contributed by atoms with Crippen LogP contribution in [0.4, 0.5) is 0 Å². The van der Waals surface area contributed by atoms with Gasteiger partial charge in [-0.05, 0) is 39.3 Å². The first-order chi connectivity index (χ1) is 10.2. The number of ether oxygens (including phenoxy) is 1. The van der Waals surface area contributed by atoms with Crippen LogP contribution >= 0.6 is 0 Å². The number of nitrogens with zero attached hydrogens (tertiary/aromatic N) is 4. The molecule has 0 aromatic carbocycles. The molecular formula is C14H23N5O2. The van der Waals surface area contributed by atoms with Crippen LogP contribution in [-0.4, -0.2) is 64.7 Å². The second-order valence-corrected chi connectivity index (χ2v) is 5.91. The first kappa shape index (κ1) is 14.5. The van der Waals surface area contributed by atoms with E-state index in [1.165, 1.54) is 0 Å². The van der Waals surface area contributed by atoms with Crippen LogP contribution < -0.4 is 5.32 Å². The number of aromatic nitrogens is 3. The Bertz CT molecular complexity index is 497. The van der Waals surface area contributed by atoms with Crippen molar-refractivity contribution in [1.82, 2.24) is 25.2 Å². The van der Waals surface area contributed by atoms with Gasteiger partial charge in [0.2, 0.25) is 0 Å². The molecule has 3 heterocycles. The number of amides is 1. The lowest BCUT2D eigenvalue weighted by Crippen LogP contribution is -2.41. The monoisotopic (exact) mass is 293 g/mol. The lowest BCUT2D eigenvalue weighted by Gasteiger charge is -2.25. The maximum atomic E-state index is 12.5. The Labute approximate surface area is 124 Å². The predicted molar refractivity (Wildman–Crippen MR) is 77.1 cm³/mol. The van der Waals surface area contributed by atoms with Crippen LogP contribution in [0.3, 0.4) is 0 Å². The number of hydrogen-bond acceptors (Lipinski definition) is 5. The summed E-state index contributed by atoms with van der Waals surface area (Å²) in [5, 5.41) is 11.5. The van der Waals surface area contributed by atoms with Gasteiger partial charge >= 0.3 is 0 Å². The van der Waals surface area contributed by atoms with E-state index in [1.807, 2.05) is 18.7 Å². The number of likely N-dealkylation sites (N-methyl/N-ethyl adjacent to an activating group) is 1. The molecule has 1 aromatic rings. The van der Waals surface area contributed by atoms with Gasteiger partial charge in [0.05, 0.1) is 24.4 Å². The minimum atomic E-state index is -0.0717. The van der Waals surface area contributed by atoms with Crippen LogP contribution in [-0.2, 0) is 4.74 Å². The molecule has 21 heavy (non-hydrogen) atoms. The Morgan fingerprint density at radius 3 is 2.86 bits per heavy atom. The third-order valence-corrected chi connectivity index (χ3v) is 4.57. The second-order valence-electron chi connectivity index (χ2n) is 5.91. The largest absolute Gasteiger partial charge is 0.376 e. The fourth-order valence-corrected chi connectivity index (χ4v) is 3.18. The van der Waals surface area contributed by atoms with Crippen LogP contribution in [0.25, 0.3) is 0 Å². The first-order valence-corrected chi connectivity index (χ1v) is 7.68. The van der Waals surface area contributed by atoms with Crippen LogP contribution in [0, 0.1) is 0 Å². The van der Waals surface area contributed by atoms with Crippen molar-refractivity contribution >= 4 is 5.91 Å². The summed E-state index contributed by atoms with van der Waals surface area (Å²) in [6.07, 6.45) is 4.81. The zero-order chi connectivity index (χ0) is 14.8. The Balaban J connectivity index is 1.68. The summed E-state index contributed by atoms with van der Waals surface area (Å²) < 4.78 is 7.37. The van der Waals surface area contributed by atoms with Crippen molar-refractivity contribution in [2.45, 2.75) is 44.4 Å². The molecule has 0 radical (unpaired) electrons. The summed E-state index contributed by atoms with van der Waals surface area (Å²) in [5.74, 6) is -0.0717. The van der Waals surface area contributed by atoms with Crippen molar-refractivity contribution in [3.63, 3.8) is 0 Å². The van der Waals surface area contributed by atoms with Crippen molar-refractivity contribution in [3.8, 4) is 0 Å². The number of carbonyl (C=O) groups is 1. The SMILES string of the molecule is CC1OCCC1N(C)C(=O)c1cn(C2CCNCC2)nn1. The van der Waals surface area contributed by atoms with Gasteiger partial charge in [0.1, 0.15) is 0 Å². The zero-order valence-electron chi connectivity index (χ0n) is 12.7. The maximum absolute atomic E-state index is 12.5. The molecule has 2 atom stereocenters. The number of rotatable bonds is 3. The van der Waals surface area contributed by atoms with Gasteiger partial charge in [-0.1, -0.05) is 5.21 Å². The summed E-state index contributed by atoms with van der Waals surface area (Å²) >= 11 is 0. The quantitative estimate of drug-likeness (QED) is 0.876. The average Bonchev–Trinajstić information content (AvgIpc) is 3.15. The molecule has 2 aliphatic rings. The molecule has 0 spiro atoms. The third kappa shape index (κ3) is 2.94. The van der Waals surface area contributed by atoms with Gasteiger partial charge in [0.25, 0.3) is 5.91 Å². The predicted octanol–water partition coefficient (Wildman–Crippen LogP) is 0.452. The van der Waals surface area contributed by atoms with Crippen LogP contribution in [0.5, 0.6) is 0 Å². The van der Waals surface area contributed by atoms with E-state index in [-0.39, 0.29) is 18.1 Å². The highest BCUT2D eigenvalue weighted by Crippen LogP contribution is 2.21. The number of hydrogen-bond donors (Lipinski definition) is 1. The second kappa shape index (κ2) is 6.11. The smallest absolute Gasteiger partial charge is 0.276 e. The fraction of sp³-hybridized carbons (Fsp3) is 0.786. The summed E-state index contributed by atoms with van der Waals surface area (Å²) in [6, 6.07) is 0.473. The number of nitrogens with one attached hydrogen (secondary N) is 1. The Morgan fingerprint density at radius 1 is 1.43 bits per heavy atom. The van der Waals surface area contributed by atoms with Gasteiger partial charge in [-0.3, -0.25) is 4.79 Å². The number of carbonyl (C=O) groups excluding carboxylic acids is 1. The highest BCUT2D eigenvalue weighted by atomic mass is 16.5. The number of piperidine rings is 1. The van der Waals surface area contributed by atoms with E-state index in [2.05, 4.69) is 15.6 Å². The van der Waals surface area contributed by atoms with Crippen molar-refractivity contribution in [3.05, 3.63) is 11.9 Å². The Morgan fingerprint density at radius 2 is 2.19 bits per heavy atom. The van der Waals surface area contributed by atoms with Gasteiger partial charge in [0, 0.05) is 13.7 Å². The topological polar surface area (TPSA) is 72.3 Å². The van der Waals surface area contributed by atoms with Crippen LogP contribution in [0.1, 0.15) is 42.7 Å². The molecule has 0 aliphatic carbocycles. The first-order valence-electron chi connectivity index (χ1n) is 7.68. The van der Waals surface area contributed by atoms with Crippen molar-refractivity contribution in [1.29, 1.82) is 0 Å². The van der Waals surface area contributed by atoms with E-state index >= 15 is 0 Å². The molecule has 2 aliphatic heterocycles. The van der Waals surface area contributed by atoms with E-state index in [0.717, 1.165) is 32.4 Å². The third-order valence-electron chi connectivity index (χ3n) is 4.57. The van der Waals surface area contributed by atoms with Crippen molar-refractivity contribution < 1.29 is 9.53 Å². The highest BCUT2D eigenvalue weighted by molar-refractivity contribution is 5.92. The van der Waals surface area contributed by atoms with E-state index in [4.69, 9.17) is 4.74 Å². The van der Waals surface area contributed by atoms with Crippen molar-refractivity contribution in [2.75, 3.05) is 26.7 Å². The lowest BCUT2D eigenvalue weighted by molar-refractivity contribution is 0.0570. The summed E-state index contributed by atoms with van der Waals surface area (Å²) in [5.41, 5.74) is 0.426. The van der Waals surface area contributed by atoms with Gasteiger partial charge in [-0.25, -0.2) is 4.68 Å². The molecular weight excluding hydrogens is 270 g/mol. The standard InChI is InChI=1S/C14H23N5O2/c1-10-13(5-8-21-10)18(2)14(20)12-9-19(17-16-12)11-3-6-15-7-4-11/h9-11,13,15H,3-8H2,1-2H3. The molecule has 2 fully saturated rings. The van der Waals surface area contributed by atoms with Gasteiger partial charge in [-0.2, -0.15) is 0 Å². The zero-order valence-corrected chi connectivity index (χ0v) is 12.7. The molecule has 2 unspecified atom stereocenters. The molecule has 7 nitrogen and oxygen atoms in total. The van der Waals surface area contributed by atoms with E-state index in [1.54, 1.807) is 11.1 Å². The molecule has 0 saturated carbocycles. The molecule has 0 bridgehead atoms. The highest BCUT2D eigenvalue weighted by Gasteiger charge is 2.32. The molecule has 2 saturated heterocycles. The van der Waals surface area contributed by atoms with Gasteiger partial charge in [-0.15, -0.1) is 5.10 Å². The molecule has 1 aromatic heterocycles. The van der Waals surface area contributed by atoms with Crippen molar-refractivity contribution in [2.24, 2.45) is 0 Å². The molecule has 7 heteroatoms. The minimum absolute atomic E-state index is 0.0717. The minimum Gasteiger partial charge on any atom is -0.376 e. The average molecular weight is 293 g/mol. The summed E-state index contributed by atoms with van der Waals surface area (Å²) in [4.78, 5) is 14.3. The normalized spacial score (nSPS) is 27.0. The summed E-state index contributed by atoms with van der Waals surface area (Å²) in [6.45, 7) is 4.70. The maximum Gasteiger partial charge on any atom is 0.276 e. The molecule has 1 N–H and O–H groups in total. The van der Waals surface area contributed by atoms with Crippen LogP contribution in [0.2, 0.25) is 0 Å². The van der Waals surface area contributed by atoms with E-state index < -0.39 is 0 Å². The molecule has 116 valence electrons. The van der Waals surface area contributed by atoms with Gasteiger partial charge in [0.15, 0.2) is 5.69 Å². The Kier molecular flexibility index (Phi) is 4.21. The molecule has 1 amide bonds. The Hall–Kier alpha value is -1.47. The molecule has 3 rings (SSSR count). The van der Waals surface area contributed by atoms with E-state index in [0.29, 0.717) is 18.3 Å². The lowest BCUT2D eigenvalue weighted by atomic mass is 10.1. The fourth-order valence-electron chi connectivity index (χ4n) is 3.18.